The molecule has 1 heterocycles. The third-order valence-corrected chi connectivity index (χ3v) is 4.16. The summed E-state index contributed by atoms with van der Waals surface area (Å²) in [6.07, 6.45) is 9.38. The van der Waals surface area contributed by atoms with Crippen LogP contribution in [-0.4, -0.2) is 11.5 Å². The number of hydrogen-bond donors (Lipinski definition) is 1. The lowest BCUT2D eigenvalue weighted by molar-refractivity contribution is 0.145. The van der Waals surface area contributed by atoms with E-state index in [9.17, 15) is 4.39 Å². The molecular formula is C15H23FN2. The fourth-order valence-electron chi connectivity index (χ4n) is 3.21. The van der Waals surface area contributed by atoms with Crippen molar-refractivity contribution in [3.63, 3.8) is 0 Å². The third-order valence-electron chi connectivity index (χ3n) is 4.16. The second-order valence-electron chi connectivity index (χ2n) is 5.64. The molecule has 2 rings (SSSR count). The van der Waals surface area contributed by atoms with Crippen molar-refractivity contribution < 1.29 is 4.39 Å². The Morgan fingerprint density at radius 2 is 2.06 bits per heavy atom. The molecule has 1 aliphatic rings. The van der Waals surface area contributed by atoms with Crippen molar-refractivity contribution in [3.8, 4) is 0 Å². The zero-order valence-electron chi connectivity index (χ0n) is 11.4. The van der Waals surface area contributed by atoms with E-state index in [1.807, 2.05) is 0 Å². The van der Waals surface area contributed by atoms with Gasteiger partial charge in [0.25, 0.3) is 0 Å². The second kappa shape index (κ2) is 5.79. The van der Waals surface area contributed by atoms with E-state index in [0.29, 0.717) is 0 Å². The van der Waals surface area contributed by atoms with Crippen molar-refractivity contribution in [3.05, 3.63) is 29.8 Å². The van der Waals surface area contributed by atoms with Gasteiger partial charge in [-0.15, -0.1) is 0 Å². The minimum absolute atomic E-state index is 0.214. The largest absolute Gasteiger partial charge is 0.310 e. The van der Waals surface area contributed by atoms with Gasteiger partial charge in [-0.3, -0.25) is 4.98 Å². The summed E-state index contributed by atoms with van der Waals surface area (Å²) < 4.78 is 13.4. The number of hydrogen-bond acceptors (Lipinski definition) is 2. The minimum Gasteiger partial charge on any atom is -0.310 e. The van der Waals surface area contributed by atoms with E-state index >= 15 is 0 Å². The van der Waals surface area contributed by atoms with Crippen LogP contribution in [0.3, 0.4) is 0 Å². The highest BCUT2D eigenvalue weighted by Crippen LogP contribution is 2.45. The van der Waals surface area contributed by atoms with E-state index in [1.54, 1.807) is 12.3 Å². The lowest BCUT2D eigenvalue weighted by atomic mass is 9.69. The number of halogens is 1. The molecule has 1 aliphatic carbocycles. The molecule has 3 heteroatoms. The Hall–Kier alpha value is -0.960. The number of nitrogens with one attached hydrogen (secondary N) is 1. The van der Waals surface area contributed by atoms with Gasteiger partial charge in [-0.25, -0.2) is 4.39 Å². The maximum Gasteiger partial charge on any atom is 0.141 e. The summed E-state index contributed by atoms with van der Waals surface area (Å²) in [4.78, 5) is 4.00. The summed E-state index contributed by atoms with van der Waals surface area (Å²) in [5.41, 5.74) is 1.21. The first-order valence-electron chi connectivity index (χ1n) is 6.99. The number of pyridine rings is 1. The predicted octanol–water partition coefficient (Wildman–Crippen LogP) is 3.84. The summed E-state index contributed by atoms with van der Waals surface area (Å²) in [5, 5.41) is 3.53. The van der Waals surface area contributed by atoms with Crippen LogP contribution in [0, 0.1) is 11.2 Å². The van der Waals surface area contributed by atoms with Gasteiger partial charge in [0.2, 0.25) is 0 Å². The normalized spacial score (nSPS) is 20.6. The van der Waals surface area contributed by atoms with Crippen LogP contribution in [0.1, 0.15) is 57.6 Å². The number of rotatable bonds is 4. The first kappa shape index (κ1) is 13.5. The molecule has 18 heavy (non-hydrogen) atoms. The summed E-state index contributed by atoms with van der Waals surface area (Å²) in [6.45, 7) is 5.33. The highest BCUT2D eigenvalue weighted by molar-refractivity contribution is 5.18. The average molecular weight is 250 g/mol. The number of aromatic nitrogens is 1. The zero-order chi connectivity index (χ0) is 13.0. The average Bonchev–Trinajstić information content (AvgIpc) is 2.36. The fourth-order valence-corrected chi connectivity index (χ4v) is 3.21. The van der Waals surface area contributed by atoms with Gasteiger partial charge in [-0.05, 0) is 36.4 Å². The molecule has 0 bridgehead atoms. The smallest absolute Gasteiger partial charge is 0.141 e. The fraction of sp³-hybridized carbons (Fsp3) is 0.667. The van der Waals surface area contributed by atoms with Crippen LogP contribution in [-0.2, 0) is 0 Å². The van der Waals surface area contributed by atoms with Gasteiger partial charge in [0, 0.05) is 12.2 Å². The maximum absolute atomic E-state index is 13.4. The molecule has 1 saturated carbocycles. The Balaban J connectivity index is 2.26. The molecule has 100 valence electrons. The van der Waals surface area contributed by atoms with Gasteiger partial charge < -0.3 is 5.32 Å². The van der Waals surface area contributed by atoms with Crippen molar-refractivity contribution in [1.82, 2.24) is 10.3 Å². The molecule has 0 spiro atoms. The monoisotopic (exact) mass is 250 g/mol. The Labute approximate surface area is 109 Å². The summed E-state index contributed by atoms with van der Waals surface area (Å²) in [7, 11) is 0. The molecule has 1 atom stereocenters. The van der Waals surface area contributed by atoms with Gasteiger partial charge in [-0.1, -0.05) is 33.1 Å². The predicted molar refractivity (Wildman–Crippen MR) is 71.8 cm³/mol. The number of nitrogens with zero attached hydrogens (tertiary/aromatic N) is 1. The van der Waals surface area contributed by atoms with Crippen LogP contribution in [0.25, 0.3) is 0 Å². The van der Waals surface area contributed by atoms with Gasteiger partial charge in [-0.2, -0.15) is 0 Å². The zero-order valence-corrected chi connectivity index (χ0v) is 11.4. The topological polar surface area (TPSA) is 24.9 Å². The van der Waals surface area contributed by atoms with E-state index in [4.69, 9.17) is 0 Å². The quantitative estimate of drug-likeness (QED) is 0.878. The Morgan fingerprint density at radius 1 is 1.33 bits per heavy atom. The highest BCUT2D eigenvalue weighted by Gasteiger charge is 2.36. The molecular weight excluding hydrogens is 227 g/mol. The molecule has 0 amide bonds. The minimum atomic E-state index is -0.241. The second-order valence-corrected chi connectivity index (χ2v) is 5.64. The highest BCUT2D eigenvalue weighted by atomic mass is 19.1. The first-order valence-corrected chi connectivity index (χ1v) is 6.99. The van der Waals surface area contributed by atoms with Crippen molar-refractivity contribution >= 4 is 0 Å². The van der Waals surface area contributed by atoms with Gasteiger partial charge >= 0.3 is 0 Å². The van der Waals surface area contributed by atoms with E-state index in [-0.39, 0.29) is 17.3 Å². The van der Waals surface area contributed by atoms with E-state index in [2.05, 4.69) is 24.1 Å². The van der Waals surface area contributed by atoms with Crippen LogP contribution in [0.5, 0.6) is 0 Å². The Morgan fingerprint density at radius 3 is 2.67 bits per heavy atom. The SMILES string of the molecule is CCNC(c1cncc(F)c1)C1(C)CCCCC1. The summed E-state index contributed by atoms with van der Waals surface area (Å²) in [6, 6.07) is 1.84. The standard InChI is InChI=1S/C15H23FN2/c1-3-18-14(12-9-13(16)11-17-10-12)15(2)7-5-4-6-8-15/h9-11,14,18H,3-8H2,1-2H3. The Kier molecular flexibility index (Phi) is 4.33. The lowest BCUT2D eigenvalue weighted by Crippen LogP contribution is -2.37. The Bertz CT molecular complexity index is 386. The van der Waals surface area contributed by atoms with Crippen LogP contribution < -0.4 is 5.32 Å². The van der Waals surface area contributed by atoms with Crippen molar-refractivity contribution in [1.29, 1.82) is 0 Å². The van der Waals surface area contributed by atoms with E-state index in [1.165, 1.54) is 38.3 Å². The van der Waals surface area contributed by atoms with Crippen molar-refractivity contribution in [2.24, 2.45) is 5.41 Å². The molecule has 1 fully saturated rings. The molecule has 1 N–H and O–H groups in total. The maximum atomic E-state index is 13.4. The van der Waals surface area contributed by atoms with Crippen LogP contribution in [0.2, 0.25) is 0 Å². The van der Waals surface area contributed by atoms with Crippen molar-refractivity contribution in [2.75, 3.05) is 6.54 Å². The molecule has 0 radical (unpaired) electrons. The molecule has 0 aliphatic heterocycles. The lowest BCUT2D eigenvalue weighted by Gasteiger charge is -2.41. The van der Waals surface area contributed by atoms with E-state index < -0.39 is 0 Å². The molecule has 1 aromatic heterocycles. The van der Waals surface area contributed by atoms with Crippen LogP contribution >= 0.6 is 0 Å². The molecule has 0 saturated heterocycles. The first-order chi connectivity index (χ1) is 8.65. The molecule has 0 aromatic carbocycles. The van der Waals surface area contributed by atoms with Gasteiger partial charge in [0.05, 0.1) is 6.20 Å². The summed E-state index contributed by atoms with van der Waals surface area (Å²) >= 11 is 0. The molecule has 1 aromatic rings. The van der Waals surface area contributed by atoms with Gasteiger partial charge in [0.15, 0.2) is 0 Å². The van der Waals surface area contributed by atoms with Crippen molar-refractivity contribution in [2.45, 2.75) is 52.0 Å². The van der Waals surface area contributed by atoms with Crippen LogP contribution in [0.4, 0.5) is 4.39 Å². The molecule has 1 unspecified atom stereocenters. The molecule has 2 nitrogen and oxygen atoms in total. The third kappa shape index (κ3) is 2.89. The van der Waals surface area contributed by atoms with Crippen LogP contribution in [0.15, 0.2) is 18.5 Å². The summed E-state index contributed by atoms with van der Waals surface area (Å²) in [5.74, 6) is -0.241. The van der Waals surface area contributed by atoms with Gasteiger partial charge in [0.1, 0.15) is 5.82 Å². The van der Waals surface area contributed by atoms with E-state index in [0.717, 1.165) is 12.1 Å².